The molecule has 8 heteroatoms. The Morgan fingerprint density at radius 2 is 1.55 bits per heavy atom. The fraction of sp³-hybridized carbons (Fsp3) is 0.240. The Hall–Kier alpha value is -3.58. The van der Waals surface area contributed by atoms with Gasteiger partial charge in [-0.05, 0) is 67.3 Å². The fourth-order valence-electron chi connectivity index (χ4n) is 3.85. The van der Waals surface area contributed by atoms with Gasteiger partial charge in [0.05, 0.1) is 11.4 Å². The minimum absolute atomic E-state index is 0.276. The summed E-state index contributed by atoms with van der Waals surface area (Å²) in [6.07, 6.45) is 5.64. The molecule has 3 N–H and O–H groups in total. The molecule has 2 heterocycles. The highest BCUT2D eigenvalue weighted by Crippen LogP contribution is 2.24. The number of carbonyl (C=O) groups is 2. The Bertz CT molecular complexity index is 1080. The van der Waals surface area contributed by atoms with E-state index in [9.17, 15) is 9.59 Å². The Labute approximate surface area is 198 Å². The molecular formula is C25H26ClN5O2. The molecule has 33 heavy (non-hydrogen) atoms. The second-order valence-corrected chi connectivity index (χ2v) is 8.41. The lowest BCUT2D eigenvalue weighted by molar-refractivity contribution is 0.102. The molecule has 170 valence electrons. The van der Waals surface area contributed by atoms with Crippen LogP contribution in [0.1, 0.15) is 23.2 Å². The predicted molar refractivity (Wildman–Crippen MR) is 132 cm³/mol. The number of carbonyl (C=O) groups excluding carboxylic acids is 2. The first-order valence-electron chi connectivity index (χ1n) is 10.9. The molecule has 0 bridgehead atoms. The van der Waals surface area contributed by atoms with Crippen molar-refractivity contribution >= 4 is 40.6 Å². The number of nitrogens with one attached hydrogen (secondary N) is 3. The highest BCUT2D eigenvalue weighted by atomic mass is 35.5. The average Bonchev–Trinajstić information content (AvgIpc) is 2.85. The summed E-state index contributed by atoms with van der Waals surface area (Å²) in [7, 11) is 0. The van der Waals surface area contributed by atoms with Crippen LogP contribution in [0.5, 0.6) is 0 Å². The minimum atomic E-state index is -0.292. The fourth-order valence-corrected chi connectivity index (χ4v) is 3.98. The Morgan fingerprint density at radius 1 is 0.909 bits per heavy atom. The van der Waals surface area contributed by atoms with Crippen molar-refractivity contribution in [3.05, 3.63) is 83.6 Å². The Morgan fingerprint density at radius 3 is 2.21 bits per heavy atom. The van der Waals surface area contributed by atoms with Gasteiger partial charge in [-0.1, -0.05) is 23.7 Å². The van der Waals surface area contributed by atoms with Crippen LogP contribution in [-0.4, -0.2) is 36.6 Å². The summed E-state index contributed by atoms with van der Waals surface area (Å²) in [5, 5.41) is 9.22. The third kappa shape index (κ3) is 6.23. The van der Waals surface area contributed by atoms with Crippen LogP contribution in [-0.2, 0) is 0 Å². The zero-order valence-corrected chi connectivity index (χ0v) is 18.9. The Kier molecular flexibility index (Phi) is 7.42. The van der Waals surface area contributed by atoms with Crippen molar-refractivity contribution in [1.29, 1.82) is 0 Å². The van der Waals surface area contributed by atoms with Crippen molar-refractivity contribution < 1.29 is 9.59 Å². The topological polar surface area (TPSA) is 86.4 Å². The number of para-hydroxylation sites is 2. The molecule has 0 saturated carbocycles. The van der Waals surface area contributed by atoms with Crippen molar-refractivity contribution in [2.75, 3.05) is 35.2 Å². The van der Waals surface area contributed by atoms with E-state index in [1.54, 1.807) is 42.5 Å². The summed E-state index contributed by atoms with van der Waals surface area (Å²) >= 11 is 5.89. The smallest absolute Gasteiger partial charge is 0.319 e. The van der Waals surface area contributed by atoms with E-state index in [-0.39, 0.29) is 11.9 Å². The van der Waals surface area contributed by atoms with Crippen LogP contribution in [0.3, 0.4) is 0 Å². The van der Waals surface area contributed by atoms with Gasteiger partial charge in [-0.2, -0.15) is 0 Å². The average molecular weight is 464 g/mol. The molecule has 1 saturated heterocycles. The molecule has 0 aliphatic carbocycles. The molecule has 4 rings (SSSR count). The van der Waals surface area contributed by atoms with Gasteiger partial charge in [-0.15, -0.1) is 0 Å². The number of nitrogens with zero attached hydrogens (tertiary/aromatic N) is 2. The van der Waals surface area contributed by atoms with Crippen LogP contribution in [0.4, 0.5) is 21.9 Å². The summed E-state index contributed by atoms with van der Waals surface area (Å²) < 4.78 is 0. The lowest BCUT2D eigenvalue weighted by atomic mass is 9.96. The standard InChI is InChI=1S/C25H26ClN5O2/c26-20-7-5-19(6-8-20)24(32)29-22-3-1-2-4-23(22)30-25(33)28-17-18-11-15-31(16-12-18)21-9-13-27-14-10-21/h1-10,13-14,18H,11-12,15-17H2,(H,29,32)(H2,28,30,33). The van der Waals surface area contributed by atoms with Gasteiger partial charge in [-0.3, -0.25) is 9.78 Å². The van der Waals surface area contributed by atoms with Crippen LogP contribution in [0.25, 0.3) is 0 Å². The van der Waals surface area contributed by atoms with Crippen molar-refractivity contribution in [2.45, 2.75) is 12.8 Å². The first kappa shape index (κ1) is 22.6. The van der Waals surface area contributed by atoms with E-state index in [1.807, 2.05) is 30.6 Å². The zero-order chi connectivity index (χ0) is 23.0. The number of pyridine rings is 1. The molecule has 2 aromatic carbocycles. The quantitative estimate of drug-likeness (QED) is 0.478. The van der Waals surface area contributed by atoms with Gasteiger partial charge < -0.3 is 20.9 Å². The predicted octanol–water partition coefficient (Wildman–Crippen LogP) is 5.03. The molecule has 0 spiro atoms. The van der Waals surface area contributed by atoms with Crippen LogP contribution in [0, 0.1) is 5.92 Å². The molecule has 1 aliphatic rings. The monoisotopic (exact) mass is 463 g/mol. The molecule has 0 atom stereocenters. The first-order chi connectivity index (χ1) is 16.1. The van der Waals surface area contributed by atoms with Gasteiger partial charge in [0, 0.05) is 48.3 Å². The van der Waals surface area contributed by atoms with E-state index in [1.165, 1.54) is 5.69 Å². The second kappa shape index (κ2) is 10.8. The van der Waals surface area contributed by atoms with Crippen LogP contribution < -0.4 is 20.9 Å². The van der Waals surface area contributed by atoms with Gasteiger partial charge in [0.2, 0.25) is 0 Å². The lowest BCUT2D eigenvalue weighted by Gasteiger charge is -2.33. The Balaban J connectivity index is 1.27. The number of anilines is 3. The number of piperidine rings is 1. The first-order valence-corrected chi connectivity index (χ1v) is 11.3. The van der Waals surface area contributed by atoms with Crippen molar-refractivity contribution in [3.8, 4) is 0 Å². The third-order valence-electron chi connectivity index (χ3n) is 5.72. The number of hydrogen-bond donors (Lipinski definition) is 3. The molecule has 1 fully saturated rings. The molecule has 7 nitrogen and oxygen atoms in total. The minimum Gasteiger partial charge on any atom is -0.371 e. The van der Waals surface area contributed by atoms with Crippen LogP contribution in [0.15, 0.2) is 73.1 Å². The van der Waals surface area contributed by atoms with E-state index in [2.05, 4.69) is 25.8 Å². The summed E-state index contributed by atoms with van der Waals surface area (Å²) in [4.78, 5) is 31.5. The van der Waals surface area contributed by atoms with Crippen molar-refractivity contribution in [3.63, 3.8) is 0 Å². The summed E-state index contributed by atoms with van der Waals surface area (Å²) in [5.41, 5.74) is 2.73. The molecule has 1 aliphatic heterocycles. The molecular weight excluding hydrogens is 438 g/mol. The summed E-state index contributed by atoms with van der Waals surface area (Å²) in [5.74, 6) is 0.149. The summed E-state index contributed by atoms with van der Waals surface area (Å²) in [6.45, 7) is 2.52. The highest BCUT2D eigenvalue weighted by molar-refractivity contribution is 6.30. The molecule has 0 unspecified atom stereocenters. The largest absolute Gasteiger partial charge is 0.371 e. The van der Waals surface area contributed by atoms with Gasteiger partial charge in [0.15, 0.2) is 0 Å². The maximum Gasteiger partial charge on any atom is 0.319 e. The van der Waals surface area contributed by atoms with Crippen LogP contribution in [0.2, 0.25) is 5.02 Å². The van der Waals surface area contributed by atoms with Gasteiger partial charge >= 0.3 is 6.03 Å². The normalized spacial score (nSPS) is 13.9. The molecule has 1 aromatic heterocycles. The third-order valence-corrected chi connectivity index (χ3v) is 5.98. The number of benzene rings is 2. The number of rotatable bonds is 6. The number of halogens is 1. The molecule has 0 radical (unpaired) electrons. The van der Waals surface area contributed by atoms with E-state index < -0.39 is 0 Å². The maximum absolute atomic E-state index is 12.5. The number of hydrogen-bond acceptors (Lipinski definition) is 4. The summed E-state index contributed by atoms with van der Waals surface area (Å²) in [6, 6.07) is 17.5. The second-order valence-electron chi connectivity index (χ2n) is 7.98. The van der Waals surface area contributed by atoms with Gasteiger partial charge in [0.25, 0.3) is 5.91 Å². The number of aromatic nitrogens is 1. The number of amides is 3. The van der Waals surface area contributed by atoms with Crippen molar-refractivity contribution in [1.82, 2.24) is 10.3 Å². The zero-order valence-electron chi connectivity index (χ0n) is 18.1. The lowest BCUT2D eigenvalue weighted by Crippen LogP contribution is -2.39. The maximum atomic E-state index is 12.5. The van der Waals surface area contributed by atoms with Gasteiger partial charge in [0.1, 0.15) is 0 Å². The van der Waals surface area contributed by atoms with E-state index in [0.29, 0.717) is 34.4 Å². The van der Waals surface area contributed by atoms with Gasteiger partial charge in [-0.25, -0.2) is 4.79 Å². The van der Waals surface area contributed by atoms with Crippen LogP contribution >= 0.6 is 11.6 Å². The van der Waals surface area contributed by atoms with E-state index in [0.717, 1.165) is 25.9 Å². The van der Waals surface area contributed by atoms with E-state index in [4.69, 9.17) is 11.6 Å². The van der Waals surface area contributed by atoms with E-state index >= 15 is 0 Å². The SMILES string of the molecule is O=C(NCC1CCN(c2ccncc2)CC1)Nc1ccccc1NC(=O)c1ccc(Cl)cc1. The highest BCUT2D eigenvalue weighted by Gasteiger charge is 2.20. The number of urea groups is 1. The molecule has 3 amide bonds. The van der Waals surface area contributed by atoms with Crippen molar-refractivity contribution in [2.24, 2.45) is 5.92 Å². The molecule has 3 aromatic rings.